The Labute approximate surface area is 276 Å². The minimum atomic E-state index is -0.819. The van der Waals surface area contributed by atoms with Crippen molar-refractivity contribution in [2.24, 2.45) is 0 Å². The third kappa shape index (κ3) is 33.0. The van der Waals surface area contributed by atoms with Crippen LogP contribution in [0.15, 0.2) is 48.6 Å². The normalized spacial score (nSPS) is 13.4. The smallest absolute Gasteiger partial charge is 0.306 e. The number of carbonyl (C=O) groups is 2. The van der Waals surface area contributed by atoms with Gasteiger partial charge in [-0.15, -0.1) is 0 Å². The number of esters is 2. The van der Waals surface area contributed by atoms with Gasteiger partial charge in [0, 0.05) is 12.8 Å². The predicted octanol–water partition coefficient (Wildman–Crippen LogP) is 10.0. The van der Waals surface area contributed by atoms with E-state index >= 15 is 0 Å². The van der Waals surface area contributed by atoms with Crippen molar-refractivity contribution < 1.29 is 29.3 Å². The molecule has 45 heavy (non-hydrogen) atoms. The Bertz CT molecular complexity index is 784. The molecule has 0 heterocycles. The Kier molecular flexibility index (Phi) is 33.0. The van der Waals surface area contributed by atoms with Gasteiger partial charge in [0.2, 0.25) is 0 Å². The van der Waals surface area contributed by atoms with Gasteiger partial charge in [0.1, 0.15) is 6.61 Å². The molecule has 0 saturated carbocycles. The van der Waals surface area contributed by atoms with Crippen molar-refractivity contribution in [3.8, 4) is 0 Å². The minimum absolute atomic E-state index is 0.105. The first-order valence-electron chi connectivity index (χ1n) is 18.3. The fourth-order valence-corrected chi connectivity index (χ4v) is 4.86. The first-order chi connectivity index (χ1) is 22.0. The second-order valence-electron chi connectivity index (χ2n) is 12.2. The van der Waals surface area contributed by atoms with Crippen LogP contribution in [-0.2, 0) is 19.1 Å². The lowest BCUT2D eigenvalue weighted by Gasteiger charge is -2.15. The number of rotatable bonds is 32. The highest BCUT2D eigenvalue weighted by Gasteiger charge is 2.15. The lowest BCUT2D eigenvalue weighted by atomic mass is 10.0. The summed E-state index contributed by atoms with van der Waals surface area (Å²) in [7, 11) is 0. The van der Waals surface area contributed by atoms with Gasteiger partial charge in [0.05, 0.1) is 12.7 Å². The number of carbonyl (C=O) groups excluding carboxylic acids is 2. The zero-order valence-electron chi connectivity index (χ0n) is 29.0. The summed E-state index contributed by atoms with van der Waals surface area (Å²) in [6.07, 6.45) is 39.1. The number of hydrogen-bond acceptors (Lipinski definition) is 6. The van der Waals surface area contributed by atoms with Crippen LogP contribution in [0.4, 0.5) is 0 Å². The minimum Gasteiger partial charge on any atom is -0.462 e. The number of aliphatic hydroxyl groups is 2. The zero-order chi connectivity index (χ0) is 33.1. The van der Waals surface area contributed by atoms with Crippen molar-refractivity contribution in [3.63, 3.8) is 0 Å². The molecule has 2 atom stereocenters. The van der Waals surface area contributed by atoms with Gasteiger partial charge >= 0.3 is 11.9 Å². The molecule has 0 aromatic carbocycles. The van der Waals surface area contributed by atoms with E-state index in [2.05, 4.69) is 19.9 Å². The van der Waals surface area contributed by atoms with E-state index in [1.165, 1.54) is 83.5 Å². The summed E-state index contributed by atoms with van der Waals surface area (Å²) in [6, 6.07) is 0. The topological polar surface area (TPSA) is 93.1 Å². The van der Waals surface area contributed by atoms with Gasteiger partial charge in [-0.25, -0.2) is 0 Å². The van der Waals surface area contributed by atoms with Crippen LogP contribution >= 0.6 is 0 Å². The van der Waals surface area contributed by atoms with Crippen LogP contribution in [-0.4, -0.2) is 47.6 Å². The molecule has 2 N–H and O–H groups in total. The van der Waals surface area contributed by atoms with E-state index in [1.54, 1.807) is 0 Å². The Hall–Kier alpha value is -2.18. The molecule has 0 aromatic rings. The standard InChI is InChI=1S/C39H68O6/c1-3-5-7-9-11-12-13-14-15-16-20-24-28-32-38(42)44-35-37(34-40)45-39(43)33-29-25-21-17-19-23-27-31-36(41)30-26-22-18-10-8-6-4-2/h17-18,21-23,26-27,30,36-37,40-41H,3-16,19-20,24-25,28-29,31-35H2,1-2H3/b21-17+,22-18-,27-23-,30-26-/t36-,37-/m0/s1. The Balaban J connectivity index is 3.76. The number of allylic oxidation sites excluding steroid dienone is 6. The number of hydrogen-bond donors (Lipinski definition) is 2. The molecule has 0 spiro atoms. The van der Waals surface area contributed by atoms with E-state index in [-0.39, 0.29) is 25.6 Å². The second-order valence-corrected chi connectivity index (χ2v) is 12.2. The summed E-state index contributed by atoms with van der Waals surface area (Å²) in [5.74, 6) is -0.698. The summed E-state index contributed by atoms with van der Waals surface area (Å²) in [5.41, 5.74) is 0. The quantitative estimate of drug-likeness (QED) is 0.0332. The fraction of sp³-hybridized carbons (Fsp3) is 0.744. The molecule has 0 rings (SSSR count). The summed E-state index contributed by atoms with van der Waals surface area (Å²) in [5, 5.41) is 19.5. The van der Waals surface area contributed by atoms with Crippen molar-refractivity contribution in [2.75, 3.05) is 13.2 Å². The maximum Gasteiger partial charge on any atom is 0.306 e. The maximum absolute atomic E-state index is 12.1. The van der Waals surface area contributed by atoms with E-state index in [0.29, 0.717) is 19.3 Å². The van der Waals surface area contributed by atoms with E-state index < -0.39 is 18.2 Å². The summed E-state index contributed by atoms with van der Waals surface area (Å²) in [6.45, 7) is 3.97. The van der Waals surface area contributed by atoms with Gasteiger partial charge in [-0.2, -0.15) is 0 Å². The maximum atomic E-state index is 12.1. The average molecular weight is 633 g/mol. The lowest BCUT2D eigenvalue weighted by molar-refractivity contribution is -0.161. The summed E-state index contributed by atoms with van der Waals surface area (Å²) in [4.78, 5) is 24.2. The molecule has 0 aliphatic rings. The second kappa shape index (κ2) is 34.7. The van der Waals surface area contributed by atoms with Crippen molar-refractivity contribution in [1.29, 1.82) is 0 Å². The SMILES string of the molecule is CCCCC/C=C\C=C/[C@H](O)C/C=C\C/C=C/CCCC(=O)O[C@@H](CO)COC(=O)CCCCCCCCCCCCCCC. The monoisotopic (exact) mass is 633 g/mol. The summed E-state index contributed by atoms with van der Waals surface area (Å²) < 4.78 is 10.5. The van der Waals surface area contributed by atoms with Crippen molar-refractivity contribution in [3.05, 3.63) is 48.6 Å². The molecule has 0 radical (unpaired) electrons. The molecule has 0 aliphatic heterocycles. The van der Waals surface area contributed by atoms with Gasteiger partial charge < -0.3 is 19.7 Å². The third-order valence-corrected chi connectivity index (χ3v) is 7.71. The molecule has 6 nitrogen and oxygen atoms in total. The highest BCUT2D eigenvalue weighted by atomic mass is 16.6. The summed E-state index contributed by atoms with van der Waals surface area (Å²) >= 11 is 0. The number of ether oxygens (including phenoxy) is 2. The van der Waals surface area contributed by atoms with E-state index in [0.717, 1.165) is 38.5 Å². The van der Waals surface area contributed by atoms with Crippen LogP contribution in [0.3, 0.4) is 0 Å². The first kappa shape index (κ1) is 42.8. The van der Waals surface area contributed by atoms with Gasteiger partial charge in [-0.3, -0.25) is 9.59 Å². The predicted molar refractivity (Wildman–Crippen MR) is 188 cm³/mol. The van der Waals surface area contributed by atoms with Crippen LogP contribution in [0.25, 0.3) is 0 Å². The van der Waals surface area contributed by atoms with Crippen LogP contribution in [0.1, 0.15) is 162 Å². The Morgan fingerprint density at radius 1 is 0.622 bits per heavy atom. The van der Waals surface area contributed by atoms with Gasteiger partial charge in [0.15, 0.2) is 6.10 Å². The van der Waals surface area contributed by atoms with Gasteiger partial charge in [-0.1, -0.05) is 152 Å². The Morgan fingerprint density at radius 2 is 1.18 bits per heavy atom. The fourth-order valence-electron chi connectivity index (χ4n) is 4.86. The van der Waals surface area contributed by atoms with Crippen LogP contribution < -0.4 is 0 Å². The van der Waals surface area contributed by atoms with Crippen LogP contribution in [0, 0.1) is 0 Å². The molecule has 0 unspecified atom stereocenters. The van der Waals surface area contributed by atoms with Crippen molar-refractivity contribution >= 4 is 11.9 Å². The molecule has 0 saturated heterocycles. The highest BCUT2D eigenvalue weighted by molar-refractivity contribution is 5.70. The molecule has 0 bridgehead atoms. The lowest BCUT2D eigenvalue weighted by Crippen LogP contribution is -2.28. The Morgan fingerprint density at radius 3 is 1.82 bits per heavy atom. The molecule has 0 amide bonds. The molecule has 6 heteroatoms. The van der Waals surface area contributed by atoms with Crippen molar-refractivity contribution in [1.82, 2.24) is 0 Å². The molecule has 260 valence electrons. The van der Waals surface area contributed by atoms with Gasteiger partial charge in [0.25, 0.3) is 0 Å². The molecule has 0 fully saturated rings. The first-order valence-corrected chi connectivity index (χ1v) is 18.3. The molecular weight excluding hydrogens is 564 g/mol. The van der Waals surface area contributed by atoms with Crippen LogP contribution in [0.5, 0.6) is 0 Å². The van der Waals surface area contributed by atoms with E-state index in [9.17, 15) is 19.8 Å². The molecule has 0 aliphatic carbocycles. The van der Waals surface area contributed by atoms with Gasteiger partial charge in [-0.05, 0) is 44.9 Å². The van der Waals surface area contributed by atoms with E-state index in [4.69, 9.17) is 9.47 Å². The largest absolute Gasteiger partial charge is 0.462 e. The van der Waals surface area contributed by atoms with Crippen LogP contribution in [0.2, 0.25) is 0 Å². The average Bonchev–Trinajstić information content (AvgIpc) is 3.03. The highest BCUT2D eigenvalue weighted by Crippen LogP contribution is 2.13. The van der Waals surface area contributed by atoms with Crippen molar-refractivity contribution in [2.45, 2.75) is 174 Å². The third-order valence-electron chi connectivity index (χ3n) is 7.71. The number of unbranched alkanes of at least 4 members (excludes halogenated alkanes) is 16. The zero-order valence-corrected chi connectivity index (χ0v) is 29.0. The molecule has 0 aromatic heterocycles. The van der Waals surface area contributed by atoms with E-state index in [1.807, 2.05) is 42.5 Å². The molecular formula is C39H68O6. The number of aliphatic hydroxyl groups excluding tert-OH is 2.